The number of amides is 2. The Morgan fingerprint density at radius 3 is 1.85 bits per heavy atom. The largest absolute Gasteiger partial charge is 0.352 e. The summed E-state index contributed by atoms with van der Waals surface area (Å²) in [5.74, 6) is -0.963. The first-order chi connectivity index (χ1) is 16.6. The number of aromatic nitrogens is 1. The number of carbonyl (C=O) groups excluding carboxylic acids is 2. The summed E-state index contributed by atoms with van der Waals surface area (Å²) in [5.41, 5.74) is 1.65. The fourth-order valence-electron chi connectivity index (χ4n) is 4.68. The van der Waals surface area contributed by atoms with Gasteiger partial charge in [0.05, 0.1) is 0 Å². The van der Waals surface area contributed by atoms with E-state index in [9.17, 15) is 14.4 Å². The van der Waals surface area contributed by atoms with Gasteiger partial charge in [-0.05, 0) is 30.9 Å². The zero-order valence-electron chi connectivity index (χ0n) is 19.5. The van der Waals surface area contributed by atoms with Gasteiger partial charge in [-0.3, -0.25) is 14.4 Å². The molecule has 1 aliphatic carbocycles. The highest BCUT2D eigenvalue weighted by Crippen LogP contribution is 2.29. The molecule has 2 amide bonds. The van der Waals surface area contributed by atoms with E-state index in [4.69, 9.17) is 0 Å². The van der Waals surface area contributed by atoms with E-state index in [0.717, 1.165) is 36.8 Å². The van der Waals surface area contributed by atoms with Crippen LogP contribution in [0.3, 0.4) is 0 Å². The minimum absolute atomic E-state index is 0.00975. The van der Waals surface area contributed by atoms with Gasteiger partial charge in [0, 0.05) is 37.4 Å². The molecule has 0 spiro atoms. The Bertz CT molecular complexity index is 1140. The quantitative estimate of drug-likeness (QED) is 0.530. The molecule has 0 unspecified atom stereocenters. The zero-order valence-corrected chi connectivity index (χ0v) is 19.5. The molecule has 1 aliphatic rings. The first kappa shape index (κ1) is 23.5. The third kappa shape index (κ3) is 5.28. The van der Waals surface area contributed by atoms with E-state index < -0.39 is 17.2 Å². The van der Waals surface area contributed by atoms with Crippen LogP contribution in [0.25, 0.3) is 0 Å². The predicted molar refractivity (Wildman–Crippen MR) is 133 cm³/mol. The van der Waals surface area contributed by atoms with Gasteiger partial charge in [-0.25, -0.2) is 0 Å². The van der Waals surface area contributed by atoms with E-state index in [1.54, 1.807) is 19.3 Å². The molecule has 4 rings (SSSR count). The molecule has 176 valence electrons. The Labute approximate surface area is 200 Å². The van der Waals surface area contributed by atoms with Crippen molar-refractivity contribution in [3.8, 4) is 0 Å². The lowest BCUT2D eigenvalue weighted by molar-refractivity contribution is 0.0950. The monoisotopic (exact) mass is 457 g/mol. The lowest BCUT2D eigenvalue weighted by atomic mass is 9.91. The van der Waals surface area contributed by atoms with Gasteiger partial charge < -0.3 is 15.2 Å². The second kappa shape index (κ2) is 11.0. The molecule has 2 aromatic carbocycles. The highest BCUT2D eigenvalue weighted by molar-refractivity contribution is 5.99. The van der Waals surface area contributed by atoms with Crippen LogP contribution in [0.15, 0.2) is 77.9 Å². The van der Waals surface area contributed by atoms with E-state index in [-0.39, 0.29) is 23.1 Å². The van der Waals surface area contributed by atoms with Crippen molar-refractivity contribution in [1.82, 2.24) is 15.2 Å². The molecular formula is C28H31N3O3. The van der Waals surface area contributed by atoms with Gasteiger partial charge in [0.25, 0.3) is 11.8 Å². The molecule has 0 radical (unpaired) electrons. The number of hydrogen-bond acceptors (Lipinski definition) is 3. The third-order valence-electron chi connectivity index (χ3n) is 6.49. The van der Waals surface area contributed by atoms with E-state index >= 15 is 0 Å². The Hall–Kier alpha value is -3.67. The molecule has 1 heterocycles. The van der Waals surface area contributed by atoms with E-state index in [2.05, 4.69) is 10.6 Å². The van der Waals surface area contributed by atoms with Crippen LogP contribution in [-0.4, -0.2) is 29.5 Å². The number of nitrogens with zero attached hydrogens (tertiary/aromatic N) is 1. The van der Waals surface area contributed by atoms with Crippen molar-refractivity contribution >= 4 is 11.8 Å². The van der Waals surface area contributed by atoms with Gasteiger partial charge in [0.2, 0.25) is 5.43 Å². The zero-order chi connectivity index (χ0) is 23.9. The SMILES string of the molecule is CCNC(=O)c1cn(C2CCCC2)cc(C(=O)NCC(c2ccccc2)c2ccccc2)c1=O. The third-order valence-corrected chi connectivity index (χ3v) is 6.49. The Balaban J connectivity index is 1.63. The molecular weight excluding hydrogens is 426 g/mol. The number of hydrogen-bond donors (Lipinski definition) is 2. The van der Waals surface area contributed by atoms with Gasteiger partial charge in [-0.15, -0.1) is 0 Å². The fraction of sp³-hybridized carbons (Fsp3) is 0.321. The molecule has 0 aliphatic heterocycles. The summed E-state index contributed by atoms with van der Waals surface area (Å²) in [6.45, 7) is 2.55. The van der Waals surface area contributed by atoms with Crippen molar-refractivity contribution < 1.29 is 9.59 Å². The van der Waals surface area contributed by atoms with Gasteiger partial charge in [0.1, 0.15) is 11.1 Å². The average Bonchev–Trinajstić information content (AvgIpc) is 3.41. The minimum atomic E-state index is -0.534. The second-order valence-electron chi connectivity index (χ2n) is 8.74. The maximum atomic E-state index is 13.3. The smallest absolute Gasteiger partial charge is 0.256 e. The van der Waals surface area contributed by atoms with E-state index in [1.807, 2.05) is 65.2 Å². The summed E-state index contributed by atoms with van der Waals surface area (Å²) >= 11 is 0. The van der Waals surface area contributed by atoms with E-state index in [0.29, 0.717) is 13.1 Å². The highest BCUT2D eigenvalue weighted by Gasteiger charge is 2.24. The molecule has 0 saturated heterocycles. The lowest BCUT2D eigenvalue weighted by Crippen LogP contribution is -2.37. The normalized spacial score (nSPS) is 13.7. The summed E-state index contributed by atoms with van der Waals surface area (Å²) in [4.78, 5) is 39.0. The molecule has 3 aromatic rings. The topological polar surface area (TPSA) is 80.2 Å². The Kier molecular flexibility index (Phi) is 7.58. The maximum Gasteiger partial charge on any atom is 0.256 e. The highest BCUT2D eigenvalue weighted by atomic mass is 16.2. The summed E-state index contributed by atoms with van der Waals surface area (Å²) in [5, 5.41) is 5.66. The van der Waals surface area contributed by atoms with Crippen molar-refractivity contribution in [3.05, 3.63) is 106 Å². The van der Waals surface area contributed by atoms with Crippen LogP contribution < -0.4 is 16.1 Å². The lowest BCUT2D eigenvalue weighted by Gasteiger charge is -2.20. The van der Waals surface area contributed by atoms with Gasteiger partial charge in [-0.2, -0.15) is 0 Å². The molecule has 0 atom stereocenters. The van der Waals surface area contributed by atoms with Crippen LogP contribution in [0, 0.1) is 0 Å². The first-order valence-corrected chi connectivity index (χ1v) is 12.0. The van der Waals surface area contributed by atoms with Crippen LogP contribution in [0.4, 0.5) is 0 Å². The second-order valence-corrected chi connectivity index (χ2v) is 8.74. The summed E-state index contributed by atoms with van der Waals surface area (Å²) in [6, 6.07) is 20.2. The summed E-state index contributed by atoms with van der Waals surface area (Å²) in [7, 11) is 0. The predicted octanol–water partition coefficient (Wildman–Crippen LogP) is 4.28. The number of nitrogens with one attached hydrogen (secondary N) is 2. The molecule has 6 heteroatoms. The molecule has 1 fully saturated rings. The van der Waals surface area contributed by atoms with Gasteiger partial charge >= 0.3 is 0 Å². The minimum Gasteiger partial charge on any atom is -0.352 e. The number of carbonyl (C=O) groups is 2. The van der Waals surface area contributed by atoms with E-state index in [1.165, 1.54) is 0 Å². The molecule has 2 N–H and O–H groups in total. The van der Waals surface area contributed by atoms with Crippen LogP contribution in [0.5, 0.6) is 0 Å². The standard InChI is InChI=1S/C28H31N3O3/c1-2-29-27(33)24-18-31(22-15-9-10-16-22)19-25(26(24)32)28(34)30-17-23(20-11-5-3-6-12-20)21-13-7-4-8-14-21/h3-8,11-14,18-19,22-23H,2,9-10,15-17H2,1H3,(H,29,33)(H,30,34). The maximum absolute atomic E-state index is 13.3. The molecule has 0 bridgehead atoms. The summed E-state index contributed by atoms with van der Waals surface area (Å²) in [6.07, 6.45) is 7.38. The van der Waals surface area contributed by atoms with Crippen LogP contribution in [0.2, 0.25) is 0 Å². The Morgan fingerprint density at radius 2 is 1.35 bits per heavy atom. The van der Waals surface area contributed by atoms with Crippen molar-refractivity contribution in [2.24, 2.45) is 0 Å². The van der Waals surface area contributed by atoms with Crippen LogP contribution in [-0.2, 0) is 0 Å². The first-order valence-electron chi connectivity index (χ1n) is 12.0. The fourth-order valence-corrected chi connectivity index (χ4v) is 4.68. The van der Waals surface area contributed by atoms with Crippen LogP contribution >= 0.6 is 0 Å². The summed E-state index contributed by atoms with van der Waals surface area (Å²) < 4.78 is 1.89. The van der Waals surface area contributed by atoms with Crippen molar-refractivity contribution in [2.75, 3.05) is 13.1 Å². The van der Waals surface area contributed by atoms with Crippen molar-refractivity contribution in [3.63, 3.8) is 0 Å². The van der Waals surface area contributed by atoms with Gasteiger partial charge in [-0.1, -0.05) is 73.5 Å². The van der Waals surface area contributed by atoms with Crippen LogP contribution in [0.1, 0.15) is 76.4 Å². The number of pyridine rings is 1. The number of benzene rings is 2. The molecule has 34 heavy (non-hydrogen) atoms. The number of rotatable bonds is 8. The van der Waals surface area contributed by atoms with Crippen molar-refractivity contribution in [2.45, 2.75) is 44.6 Å². The molecule has 1 aromatic heterocycles. The Morgan fingerprint density at radius 1 is 0.853 bits per heavy atom. The average molecular weight is 458 g/mol. The van der Waals surface area contributed by atoms with Gasteiger partial charge in [0.15, 0.2) is 0 Å². The molecule has 6 nitrogen and oxygen atoms in total. The molecule has 1 saturated carbocycles. The van der Waals surface area contributed by atoms with Crippen molar-refractivity contribution in [1.29, 1.82) is 0 Å².